The molecular weight excluding hydrogens is 188 g/mol. The van der Waals surface area contributed by atoms with Gasteiger partial charge in [-0.1, -0.05) is 0 Å². The molecule has 0 bridgehead atoms. The zero-order valence-electron chi connectivity index (χ0n) is 9.36. The van der Waals surface area contributed by atoms with E-state index in [1.54, 1.807) is 12.1 Å². The molecule has 1 saturated carbocycles. The van der Waals surface area contributed by atoms with Crippen LogP contribution in [0, 0.1) is 19.8 Å². The van der Waals surface area contributed by atoms with E-state index in [1.807, 2.05) is 13.8 Å². The molecule has 0 saturated heterocycles. The van der Waals surface area contributed by atoms with Crippen molar-refractivity contribution in [1.82, 2.24) is 4.57 Å². The third kappa shape index (κ3) is 1.97. The van der Waals surface area contributed by atoms with Gasteiger partial charge in [-0.3, -0.25) is 4.79 Å². The minimum absolute atomic E-state index is 0.0906. The third-order valence-electron chi connectivity index (χ3n) is 3.20. The quantitative estimate of drug-likeness (QED) is 0.812. The van der Waals surface area contributed by atoms with Gasteiger partial charge in [0, 0.05) is 36.1 Å². The van der Waals surface area contributed by atoms with Crippen molar-refractivity contribution < 1.29 is 0 Å². The SMILES string of the molecule is Cc1cc(=O)cc(C)n1C(CN)C1CC1. The number of aryl methyl sites for hydroxylation is 2. The number of hydrogen-bond donors (Lipinski definition) is 1. The van der Waals surface area contributed by atoms with E-state index >= 15 is 0 Å². The summed E-state index contributed by atoms with van der Waals surface area (Å²) >= 11 is 0. The van der Waals surface area contributed by atoms with Gasteiger partial charge >= 0.3 is 0 Å². The Morgan fingerprint density at radius 1 is 1.40 bits per heavy atom. The van der Waals surface area contributed by atoms with Crippen LogP contribution in [0.1, 0.15) is 30.3 Å². The van der Waals surface area contributed by atoms with Gasteiger partial charge in [-0.15, -0.1) is 0 Å². The topological polar surface area (TPSA) is 48.0 Å². The van der Waals surface area contributed by atoms with Gasteiger partial charge in [0.2, 0.25) is 0 Å². The Bertz CT molecular complexity index is 392. The number of pyridine rings is 1. The lowest BCUT2D eigenvalue weighted by molar-refractivity contribution is 0.435. The largest absolute Gasteiger partial charge is 0.344 e. The third-order valence-corrected chi connectivity index (χ3v) is 3.20. The Kier molecular flexibility index (Phi) is 2.65. The van der Waals surface area contributed by atoms with E-state index < -0.39 is 0 Å². The average molecular weight is 206 g/mol. The summed E-state index contributed by atoms with van der Waals surface area (Å²) in [7, 11) is 0. The van der Waals surface area contributed by atoms with Crippen molar-refractivity contribution in [3.63, 3.8) is 0 Å². The molecule has 1 aliphatic rings. The molecular formula is C12H18N2O. The van der Waals surface area contributed by atoms with Crippen molar-refractivity contribution in [2.45, 2.75) is 32.7 Å². The molecule has 0 radical (unpaired) electrons. The fraction of sp³-hybridized carbons (Fsp3) is 0.583. The van der Waals surface area contributed by atoms with Gasteiger partial charge in [0.15, 0.2) is 5.43 Å². The van der Waals surface area contributed by atoms with Gasteiger partial charge in [0.05, 0.1) is 0 Å². The highest BCUT2D eigenvalue weighted by molar-refractivity contribution is 5.14. The Balaban J connectivity index is 2.45. The first-order valence-electron chi connectivity index (χ1n) is 5.53. The van der Waals surface area contributed by atoms with Crippen LogP contribution in [0.4, 0.5) is 0 Å². The molecule has 0 spiro atoms. The van der Waals surface area contributed by atoms with Crippen molar-refractivity contribution in [2.75, 3.05) is 6.54 Å². The Labute approximate surface area is 89.9 Å². The second-order valence-corrected chi connectivity index (χ2v) is 4.48. The summed E-state index contributed by atoms with van der Waals surface area (Å²) in [4.78, 5) is 11.3. The normalized spacial score (nSPS) is 17.8. The van der Waals surface area contributed by atoms with Crippen LogP contribution >= 0.6 is 0 Å². The molecule has 0 amide bonds. The summed E-state index contributed by atoms with van der Waals surface area (Å²) in [6.45, 7) is 4.63. The van der Waals surface area contributed by atoms with Crippen LogP contribution in [0.15, 0.2) is 16.9 Å². The van der Waals surface area contributed by atoms with E-state index in [0.29, 0.717) is 12.6 Å². The van der Waals surface area contributed by atoms with Crippen LogP contribution in [0.3, 0.4) is 0 Å². The first-order valence-corrected chi connectivity index (χ1v) is 5.53. The lowest BCUT2D eigenvalue weighted by atomic mass is 10.1. The Hall–Kier alpha value is -1.09. The van der Waals surface area contributed by atoms with E-state index in [9.17, 15) is 4.79 Å². The molecule has 1 aromatic heterocycles. The minimum Gasteiger partial charge on any atom is -0.344 e. The molecule has 3 heteroatoms. The number of aromatic nitrogens is 1. The smallest absolute Gasteiger partial charge is 0.182 e. The fourth-order valence-corrected chi connectivity index (χ4v) is 2.38. The lowest BCUT2D eigenvalue weighted by Crippen LogP contribution is -2.26. The van der Waals surface area contributed by atoms with Gasteiger partial charge in [0.1, 0.15) is 0 Å². The highest BCUT2D eigenvalue weighted by atomic mass is 16.1. The number of nitrogens with two attached hydrogens (primary N) is 1. The van der Waals surface area contributed by atoms with E-state index in [2.05, 4.69) is 4.57 Å². The summed E-state index contributed by atoms with van der Waals surface area (Å²) in [5.74, 6) is 0.718. The van der Waals surface area contributed by atoms with Crippen molar-refractivity contribution in [1.29, 1.82) is 0 Å². The molecule has 1 fully saturated rings. The van der Waals surface area contributed by atoms with Crippen molar-refractivity contribution in [2.24, 2.45) is 11.7 Å². The number of nitrogens with zero attached hydrogens (tertiary/aromatic N) is 1. The fourth-order valence-electron chi connectivity index (χ4n) is 2.38. The predicted molar refractivity (Wildman–Crippen MR) is 61.0 cm³/mol. The molecule has 2 N–H and O–H groups in total. The molecule has 1 unspecified atom stereocenters. The molecule has 1 atom stereocenters. The minimum atomic E-state index is 0.0906. The molecule has 1 heterocycles. The summed E-state index contributed by atoms with van der Waals surface area (Å²) in [5.41, 5.74) is 7.97. The maximum atomic E-state index is 11.3. The van der Waals surface area contributed by atoms with Crippen LogP contribution in [0.25, 0.3) is 0 Å². The first-order chi connectivity index (χ1) is 7.13. The van der Waals surface area contributed by atoms with Crippen LogP contribution in [0.2, 0.25) is 0 Å². The highest BCUT2D eigenvalue weighted by Crippen LogP contribution is 2.39. The van der Waals surface area contributed by atoms with Crippen LogP contribution in [-0.2, 0) is 0 Å². The first kappa shape index (κ1) is 10.4. The zero-order valence-corrected chi connectivity index (χ0v) is 9.36. The molecule has 2 rings (SSSR count). The van der Waals surface area contributed by atoms with Gasteiger partial charge in [-0.05, 0) is 32.6 Å². The van der Waals surface area contributed by atoms with Gasteiger partial charge < -0.3 is 10.3 Å². The molecule has 1 aliphatic carbocycles. The van der Waals surface area contributed by atoms with Crippen molar-refractivity contribution in [3.05, 3.63) is 33.7 Å². The van der Waals surface area contributed by atoms with E-state index in [1.165, 1.54) is 12.8 Å². The maximum Gasteiger partial charge on any atom is 0.182 e. The molecule has 0 aliphatic heterocycles. The summed E-state index contributed by atoms with van der Waals surface area (Å²) in [6.07, 6.45) is 2.54. The van der Waals surface area contributed by atoms with Gasteiger partial charge in [-0.2, -0.15) is 0 Å². The second-order valence-electron chi connectivity index (χ2n) is 4.48. The van der Waals surface area contributed by atoms with Crippen LogP contribution < -0.4 is 11.2 Å². The average Bonchev–Trinajstić information content (AvgIpc) is 2.94. The number of hydrogen-bond acceptors (Lipinski definition) is 2. The van der Waals surface area contributed by atoms with Crippen LogP contribution in [0.5, 0.6) is 0 Å². The summed E-state index contributed by atoms with van der Waals surface area (Å²) in [6, 6.07) is 3.77. The highest BCUT2D eigenvalue weighted by Gasteiger charge is 2.32. The van der Waals surface area contributed by atoms with Crippen LogP contribution in [-0.4, -0.2) is 11.1 Å². The monoisotopic (exact) mass is 206 g/mol. The lowest BCUT2D eigenvalue weighted by Gasteiger charge is -2.23. The van der Waals surface area contributed by atoms with Gasteiger partial charge in [-0.25, -0.2) is 0 Å². The molecule has 15 heavy (non-hydrogen) atoms. The van der Waals surface area contributed by atoms with Crippen molar-refractivity contribution >= 4 is 0 Å². The standard InChI is InChI=1S/C12H18N2O/c1-8-5-11(15)6-9(2)14(8)12(7-13)10-3-4-10/h5-6,10,12H,3-4,7,13H2,1-2H3. The van der Waals surface area contributed by atoms with E-state index in [0.717, 1.165) is 17.3 Å². The molecule has 0 aromatic carbocycles. The molecule has 82 valence electrons. The Morgan fingerprint density at radius 3 is 2.33 bits per heavy atom. The second kappa shape index (κ2) is 3.81. The zero-order chi connectivity index (χ0) is 11.0. The Morgan fingerprint density at radius 2 is 1.93 bits per heavy atom. The summed E-state index contributed by atoms with van der Waals surface area (Å²) in [5, 5.41) is 0. The maximum absolute atomic E-state index is 11.3. The molecule has 3 nitrogen and oxygen atoms in total. The van der Waals surface area contributed by atoms with Crippen molar-refractivity contribution in [3.8, 4) is 0 Å². The van der Waals surface area contributed by atoms with E-state index in [4.69, 9.17) is 5.73 Å². The van der Waals surface area contributed by atoms with Gasteiger partial charge in [0.25, 0.3) is 0 Å². The molecule has 1 aromatic rings. The number of rotatable bonds is 3. The summed E-state index contributed by atoms with van der Waals surface area (Å²) < 4.78 is 2.22. The predicted octanol–water partition coefficient (Wildman–Crippen LogP) is 1.37. The van der Waals surface area contributed by atoms with E-state index in [-0.39, 0.29) is 5.43 Å².